The average Bonchev–Trinajstić information content (AvgIpc) is 2.96. The van der Waals surface area contributed by atoms with Gasteiger partial charge in [-0.2, -0.15) is 0 Å². The van der Waals surface area contributed by atoms with E-state index in [-0.39, 0.29) is 17.7 Å². The van der Waals surface area contributed by atoms with E-state index in [1.165, 1.54) is 6.42 Å². The summed E-state index contributed by atoms with van der Waals surface area (Å²) < 4.78 is 0. The van der Waals surface area contributed by atoms with E-state index in [1.54, 1.807) is 0 Å². The maximum atomic E-state index is 12.6. The van der Waals surface area contributed by atoms with E-state index in [0.717, 1.165) is 23.7 Å². The van der Waals surface area contributed by atoms with Crippen molar-refractivity contribution in [3.63, 3.8) is 0 Å². The molecule has 2 aliphatic rings. The quantitative estimate of drug-likeness (QED) is 0.925. The Morgan fingerprint density at radius 1 is 1.00 bits per heavy atom. The summed E-state index contributed by atoms with van der Waals surface area (Å²) >= 11 is 0. The minimum absolute atomic E-state index is 0.0249. The monoisotopic (exact) mass is 311 g/mol. The summed E-state index contributed by atoms with van der Waals surface area (Å²) in [7, 11) is 0. The van der Waals surface area contributed by atoms with Crippen LogP contribution in [0.25, 0.3) is 10.9 Å². The van der Waals surface area contributed by atoms with Crippen molar-refractivity contribution in [1.29, 1.82) is 0 Å². The summed E-state index contributed by atoms with van der Waals surface area (Å²) in [4.78, 5) is 31.9. The largest absolute Gasteiger partial charge is 0.351 e. The van der Waals surface area contributed by atoms with Gasteiger partial charge in [0.05, 0.1) is 0 Å². The zero-order valence-corrected chi connectivity index (χ0v) is 13.1. The molecule has 1 aromatic heterocycles. The van der Waals surface area contributed by atoms with Crippen molar-refractivity contribution in [3.05, 3.63) is 36.0 Å². The molecule has 1 saturated heterocycles. The molecule has 0 bridgehead atoms. The van der Waals surface area contributed by atoms with Crippen molar-refractivity contribution < 1.29 is 9.59 Å². The van der Waals surface area contributed by atoms with Gasteiger partial charge in [-0.1, -0.05) is 24.6 Å². The smallest absolute Gasteiger partial charge is 0.270 e. The second kappa shape index (κ2) is 5.72. The van der Waals surface area contributed by atoms with E-state index in [9.17, 15) is 9.59 Å². The molecule has 5 heteroatoms. The van der Waals surface area contributed by atoms with Gasteiger partial charge >= 0.3 is 0 Å². The number of piperazine rings is 1. The molecule has 120 valence electrons. The lowest BCUT2D eigenvalue weighted by Crippen LogP contribution is -2.52. The molecule has 2 aromatic rings. The summed E-state index contributed by atoms with van der Waals surface area (Å²) in [5, 5.41) is 1.05. The van der Waals surface area contributed by atoms with Gasteiger partial charge in [0.25, 0.3) is 5.91 Å². The Morgan fingerprint density at radius 3 is 2.35 bits per heavy atom. The first-order valence-electron chi connectivity index (χ1n) is 8.38. The standard InChI is InChI=1S/C18H21N3O2/c22-17(13-5-3-6-13)20-8-10-21(11-9-20)18(23)16-12-14-4-1-2-7-15(14)19-16/h1-2,4,7,12-13,19H,3,5-6,8-11H2. The summed E-state index contributed by atoms with van der Waals surface area (Å²) in [5.74, 6) is 0.553. The van der Waals surface area contributed by atoms with Crippen LogP contribution in [0.4, 0.5) is 0 Å². The molecule has 1 aliphatic carbocycles. The molecule has 23 heavy (non-hydrogen) atoms. The zero-order valence-electron chi connectivity index (χ0n) is 13.1. The third-order valence-corrected chi connectivity index (χ3v) is 5.09. The molecule has 1 aromatic carbocycles. The number of hydrogen-bond acceptors (Lipinski definition) is 2. The van der Waals surface area contributed by atoms with E-state index >= 15 is 0 Å². The third-order valence-electron chi connectivity index (χ3n) is 5.09. The molecule has 1 saturated carbocycles. The van der Waals surface area contributed by atoms with Gasteiger partial charge in [-0.15, -0.1) is 0 Å². The van der Waals surface area contributed by atoms with Crippen LogP contribution in [0.5, 0.6) is 0 Å². The lowest BCUT2D eigenvalue weighted by molar-refractivity contribution is -0.139. The zero-order chi connectivity index (χ0) is 15.8. The summed E-state index contributed by atoms with van der Waals surface area (Å²) in [6, 6.07) is 9.80. The number of aromatic amines is 1. The Hall–Kier alpha value is -2.30. The molecule has 2 amide bonds. The third kappa shape index (κ3) is 2.60. The average molecular weight is 311 g/mol. The second-order valence-corrected chi connectivity index (χ2v) is 6.52. The van der Waals surface area contributed by atoms with Crippen LogP contribution in [-0.2, 0) is 4.79 Å². The summed E-state index contributed by atoms with van der Waals surface area (Å²) in [6.07, 6.45) is 3.25. The normalized spacial score (nSPS) is 19.0. The van der Waals surface area contributed by atoms with Crippen molar-refractivity contribution in [2.75, 3.05) is 26.2 Å². The number of rotatable bonds is 2. The van der Waals surface area contributed by atoms with Crippen LogP contribution in [-0.4, -0.2) is 52.8 Å². The lowest BCUT2D eigenvalue weighted by Gasteiger charge is -2.38. The van der Waals surface area contributed by atoms with Gasteiger partial charge < -0.3 is 14.8 Å². The molecule has 2 fully saturated rings. The highest BCUT2D eigenvalue weighted by Gasteiger charge is 2.32. The number of carbonyl (C=O) groups is 2. The van der Waals surface area contributed by atoms with Gasteiger partial charge in [0.1, 0.15) is 5.69 Å². The number of amides is 2. The predicted molar refractivity (Wildman–Crippen MR) is 88.1 cm³/mol. The number of carbonyl (C=O) groups excluding carboxylic acids is 2. The number of nitrogens with zero attached hydrogens (tertiary/aromatic N) is 2. The maximum Gasteiger partial charge on any atom is 0.270 e. The number of benzene rings is 1. The fourth-order valence-corrected chi connectivity index (χ4v) is 3.40. The number of nitrogens with one attached hydrogen (secondary N) is 1. The van der Waals surface area contributed by atoms with E-state index < -0.39 is 0 Å². The number of H-pyrrole nitrogens is 1. The lowest BCUT2D eigenvalue weighted by atomic mass is 9.84. The Bertz CT molecular complexity index is 707. The van der Waals surface area contributed by atoms with Crippen molar-refractivity contribution >= 4 is 22.7 Å². The highest BCUT2D eigenvalue weighted by atomic mass is 16.2. The van der Waals surface area contributed by atoms with Crippen molar-refractivity contribution in [2.45, 2.75) is 19.3 Å². The van der Waals surface area contributed by atoms with E-state index in [2.05, 4.69) is 4.98 Å². The Balaban J connectivity index is 1.41. The minimum Gasteiger partial charge on any atom is -0.351 e. The molecule has 2 heterocycles. The molecule has 4 rings (SSSR count). The van der Waals surface area contributed by atoms with Gasteiger partial charge in [-0.25, -0.2) is 0 Å². The Kier molecular flexibility index (Phi) is 3.56. The van der Waals surface area contributed by atoms with Crippen LogP contribution in [0.3, 0.4) is 0 Å². The van der Waals surface area contributed by atoms with Crippen molar-refractivity contribution in [1.82, 2.24) is 14.8 Å². The van der Waals surface area contributed by atoms with E-state index in [1.807, 2.05) is 40.1 Å². The number of para-hydroxylation sites is 1. The number of aromatic nitrogens is 1. The molecule has 0 atom stereocenters. The van der Waals surface area contributed by atoms with Gasteiger partial charge in [0.2, 0.25) is 5.91 Å². The van der Waals surface area contributed by atoms with Crippen molar-refractivity contribution in [2.24, 2.45) is 5.92 Å². The molecular weight excluding hydrogens is 290 g/mol. The van der Waals surface area contributed by atoms with Crippen LogP contribution >= 0.6 is 0 Å². The van der Waals surface area contributed by atoms with Crippen LogP contribution in [0.2, 0.25) is 0 Å². The Labute approximate surface area is 135 Å². The van der Waals surface area contributed by atoms with E-state index in [4.69, 9.17) is 0 Å². The van der Waals surface area contributed by atoms with Gasteiger partial charge in [-0.05, 0) is 25.0 Å². The Morgan fingerprint density at radius 2 is 1.70 bits per heavy atom. The van der Waals surface area contributed by atoms with E-state index in [0.29, 0.717) is 31.9 Å². The summed E-state index contributed by atoms with van der Waals surface area (Å²) in [6.45, 7) is 2.54. The first kappa shape index (κ1) is 14.3. The van der Waals surface area contributed by atoms with Crippen LogP contribution in [0.1, 0.15) is 29.8 Å². The van der Waals surface area contributed by atoms with Crippen LogP contribution in [0, 0.1) is 5.92 Å². The minimum atomic E-state index is 0.0249. The SMILES string of the molecule is O=C(c1cc2ccccc2[nH]1)N1CCN(C(=O)C2CCC2)CC1. The molecule has 1 aliphatic heterocycles. The molecule has 5 nitrogen and oxygen atoms in total. The molecule has 0 radical (unpaired) electrons. The first-order chi connectivity index (χ1) is 11.2. The highest BCUT2D eigenvalue weighted by molar-refractivity contribution is 5.98. The molecular formula is C18H21N3O2. The fraction of sp³-hybridized carbons (Fsp3) is 0.444. The summed E-state index contributed by atoms with van der Waals surface area (Å²) in [5.41, 5.74) is 1.61. The van der Waals surface area contributed by atoms with Crippen LogP contribution in [0.15, 0.2) is 30.3 Å². The van der Waals surface area contributed by atoms with Gasteiger partial charge in [0, 0.05) is 43.0 Å². The highest BCUT2D eigenvalue weighted by Crippen LogP contribution is 2.28. The predicted octanol–water partition coefficient (Wildman–Crippen LogP) is 2.25. The molecule has 1 N–H and O–H groups in total. The van der Waals surface area contributed by atoms with Gasteiger partial charge in [-0.3, -0.25) is 9.59 Å². The molecule has 0 unspecified atom stereocenters. The van der Waals surface area contributed by atoms with Gasteiger partial charge in [0.15, 0.2) is 0 Å². The second-order valence-electron chi connectivity index (χ2n) is 6.52. The van der Waals surface area contributed by atoms with Crippen LogP contribution < -0.4 is 0 Å². The topological polar surface area (TPSA) is 56.4 Å². The molecule has 0 spiro atoms. The maximum absolute atomic E-state index is 12.6. The number of fused-ring (bicyclic) bond motifs is 1. The van der Waals surface area contributed by atoms with Crippen molar-refractivity contribution in [3.8, 4) is 0 Å². The number of hydrogen-bond donors (Lipinski definition) is 1. The first-order valence-corrected chi connectivity index (χ1v) is 8.38. The fourth-order valence-electron chi connectivity index (χ4n) is 3.40.